The zero-order valence-corrected chi connectivity index (χ0v) is 18.6. The molecule has 3 heterocycles. The lowest BCUT2D eigenvalue weighted by atomic mass is 10.1. The molecule has 1 saturated heterocycles. The van der Waals surface area contributed by atoms with Crippen molar-refractivity contribution in [3.8, 4) is 0 Å². The predicted octanol–water partition coefficient (Wildman–Crippen LogP) is -2.00. The number of fused-ring (bicyclic) bond motifs is 1. The van der Waals surface area contributed by atoms with Gasteiger partial charge in [0.15, 0.2) is 16.9 Å². The molecule has 0 spiro atoms. The second-order valence-corrected chi connectivity index (χ2v) is 11.0. The number of aromatic nitrogens is 4. The number of phosphoric ester groups is 1. The molecule has 32 heavy (non-hydrogen) atoms. The molecule has 5 atom stereocenters. The molecule has 21 heteroatoms. The normalized spacial score (nSPS) is 28.0. The number of nitrogens with zero attached hydrogens (tertiary/aromatic N) is 4. The standard InChI is InChI=1S/C11H18N5O13P3/c1-15-4-14-10-7(9(15)12)13-5-16(10)11(18)3-26-6(8(11)17)2-27-31(22,23)29-32(24,25)28-30(19,20)21/h4-6,8,12,17-18H,2-3H2,1H3,(H,22,23)(H,24,25)(H2,19,20,21). The molecule has 18 nitrogen and oxygen atoms in total. The minimum Gasteiger partial charge on any atom is -0.385 e. The largest absolute Gasteiger partial charge is 0.490 e. The van der Waals surface area contributed by atoms with Crippen LogP contribution in [0.15, 0.2) is 12.7 Å². The van der Waals surface area contributed by atoms with Crippen LogP contribution in [0.3, 0.4) is 0 Å². The number of hydrogen-bond donors (Lipinski definition) is 7. The van der Waals surface area contributed by atoms with Crippen molar-refractivity contribution in [1.82, 2.24) is 19.1 Å². The van der Waals surface area contributed by atoms with Gasteiger partial charge in [-0.2, -0.15) is 8.62 Å². The molecular weight excluding hydrogens is 503 g/mol. The lowest BCUT2D eigenvalue weighted by Crippen LogP contribution is -2.47. The fourth-order valence-corrected chi connectivity index (χ4v) is 5.84. The van der Waals surface area contributed by atoms with Gasteiger partial charge < -0.3 is 39.1 Å². The van der Waals surface area contributed by atoms with Crippen molar-refractivity contribution in [3.63, 3.8) is 0 Å². The maximum absolute atomic E-state index is 11.8. The topological polar surface area (TPSA) is 269 Å². The summed E-state index contributed by atoms with van der Waals surface area (Å²) in [6, 6.07) is 0. The Hall–Kier alpha value is -1.36. The monoisotopic (exact) mass is 521 g/mol. The Morgan fingerprint density at radius 2 is 1.84 bits per heavy atom. The molecule has 0 aromatic carbocycles. The summed E-state index contributed by atoms with van der Waals surface area (Å²) < 4.78 is 52.9. The second-order valence-electron chi connectivity index (χ2n) is 6.55. The first-order valence-electron chi connectivity index (χ1n) is 8.29. The van der Waals surface area contributed by atoms with Gasteiger partial charge in [-0.3, -0.25) is 14.5 Å². The molecule has 0 amide bonds. The molecular formula is C11H18N5O13P3. The van der Waals surface area contributed by atoms with Gasteiger partial charge in [0.1, 0.15) is 17.7 Å². The Balaban J connectivity index is 1.73. The zero-order valence-electron chi connectivity index (χ0n) is 15.9. The molecule has 0 bridgehead atoms. The van der Waals surface area contributed by atoms with E-state index >= 15 is 0 Å². The molecule has 2 aromatic heterocycles. The van der Waals surface area contributed by atoms with E-state index in [9.17, 15) is 28.8 Å². The smallest absolute Gasteiger partial charge is 0.385 e. The highest BCUT2D eigenvalue weighted by Crippen LogP contribution is 2.66. The summed E-state index contributed by atoms with van der Waals surface area (Å²) >= 11 is 0. The fraction of sp³-hybridized carbons (Fsp3) is 0.545. The summed E-state index contributed by atoms with van der Waals surface area (Å²) in [6.07, 6.45) is -0.899. The van der Waals surface area contributed by atoms with E-state index in [0.29, 0.717) is 0 Å². The van der Waals surface area contributed by atoms with Gasteiger partial charge in [-0.15, -0.1) is 0 Å². The van der Waals surface area contributed by atoms with Crippen molar-refractivity contribution in [1.29, 1.82) is 5.41 Å². The van der Waals surface area contributed by atoms with Gasteiger partial charge in [-0.25, -0.2) is 23.7 Å². The molecule has 180 valence electrons. The van der Waals surface area contributed by atoms with Crippen LogP contribution in [-0.2, 0) is 44.3 Å². The van der Waals surface area contributed by atoms with Gasteiger partial charge in [0.25, 0.3) is 0 Å². The zero-order chi connectivity index (χ0) is 24.1. The molecule has 0 saturated carbocycles. The third-order valence-corrected chi connectivity index (χ3v) is 8.05. The van der Waals surface area contributed by atoms with Crippen molar-refractivity contribution >= 4 is 34.6 Å². The third-order valence-electron chi connectivity index (χ3n) is 4.24. The number of hydrogen-bond acceptors (Lipinski definition) is 12. The maximum Gasteiger partial charge on any atom is 0.490 e. The summed E-state index contributed by atoms with van der Waals surface area (Å²) in [6.45, 7) is -1.54. The first-order valence-corrected chi connectivity index (χ1v) is 12.8. The summed E-state index contributed by atoms with van der Waals surface area (Å²) in [7, 11) is -15.2. The van der Waals surface area contributed by atoms with Crippen molar-refractivity contribution in [3.05, 3.63) is 18.1 Å². The van der Waals surface area contributed by atoms with Gasteiger partial charge in [-0.05, 0) is 0 Å². The molecule has 2 aromatic rings. The maximum atomic E-state index is 11.8. The SMILES string of the molecule is Cn1cnc2c(ncn2C2(O)COC(COP(=O)(O)OP(=O)(O)OP(=O)(O)O)C2O)c1=N. The number of aliphatic hydroxyl groups excluding tert-OH is 1. The molecule has 1 fully saturated rings. The van der Waals surface area contributed by atoms with Gasteiger partial charge >= 0.3 is 23.5 Å². The van der Waals surface area contributed by atoms with Crippen LogP contribution in [0.2, 0.25) is 0 Å². The van der Waals surface area contributed by atoms with Crippen LogP contribution >= 0.6 is 23.5 Å². The van der Waals surface area contributed by atoms with E-state index in [1.807, 2.05) is 0 Å². The molecule has 0 radical (unpaired) electrons. The molecule has 5 unspecified atom stereocenters. The van der Waals surface area contributed by atoms with Crippen molar-refractivity contribution in [2.45, 2.75) is 17.9 Å². The Labute approximate surface area is 177 Å². The number of nitrogens with one attached hydrogen (secondary N) is 1. The Morgan fingerprint density at radius 1 is 1.19 bits per heavy atom. The van der Waals surface area contributed by atoms with Crippen LogP contribution in [0.25, 0.3) is 11.2 Å². The highest BCUT2D eigenvalue weighted by atomic mass is 31.3. The summed E-state index contributed by atoms with van der Waals surface area (Å²) in [4.78, 5) is 43.7. The molecule has 7 N–H and O–H groups in total. The summed E-state index contributed by atoms with van der Waals surface area (Å²) in [5.41, 5.74) is -2.08. The van der Waals surface area contributed by atoms with E-state index < -0.39 is 54.6 Å². The highest BCUT2D eigenvalue weighted by molar-refractivity contribution is 7.66. The third kappa shape index (κ3) is 5.24. The van der Waals surface area contributed by atoms with Gasteiger partial charge in [-0.1, -0.05) is 0 Å². The first-order chi connectivity index (χ1) is 14.5. The van der Waals surface area contributed by atoms with E-state index in [1.165, 1.54) is 10.9 Å². The average molecular weight is 521 g/mol. The average Bonchev–Trinajstić information content (AvgIpc) is 3.17. The van der Waals surface area contributed by atoms with Crippen LogP contribution in [0.4, 0.5) is 0 Å². The lowest BCUT2D eigenvalue weighted by molar-refractivity contribution is -0.109. The van der Waals surface area contributed by atoms with E-state index in [4.69, 9.17) is 24.8 Å². The minimum atomic E-state index is -5.71. The van der Waals surface area contributed by atoms with Crippen LogP contribution in [0, 0.1) is 5.41 Å². The molecule has 3 rings (SSSR count). The fourth-order valence-electron chi connectivity index (χ4n) is 2.81. The number of ether oxygens (including phenoxy) is 1. The lowest BCUT2D eigenvalue weighted by Gasteiger charge is -2.28. The molecule has 1 aliphatic heterocycles. The van der Waals surface area contributed by atoms with Crippen LogP contribution in [0.5, 0.6) is 0 Å². The van der Waals surface area contributed by atoms with Crippen LogP contribution < -0.4 is 5.49 Å². The first kappa shape index (κ1) is 25.3. The van der Waals surface area contributed by atoms with Crippen LogP contribution in [-0.4, -0.2) is 74.3 Å². The van der Waals surface area contributed by atoms with Crippen molar-refractivity contribution in [2.75, 3.05) is 13.2 Å². The molecule has 0 aliphatic carbocycles. The van der Waals surface area contributed by atoms with Crippen molar-refractivity contribution in [2.24, 2.45) is 7.05 Å². The predicted molar refractivity (Wildman–Crippen MR) is 98.1 cm³/mol. The quantitative estimate of drug-likeness (QED) is 0.185. The number of rotatable bonds is 8. The minimum absolute atomic E-state index is 0.0324. The number of imidazole rings is 1. The van der Waals surface area contributed by atoms with E-state index in [1.54, 1.807) is 7.05 Å². The van der Waals surface area contributed by atoms with Crippen LogP contribution in [0.1, 0.15) is 0 Å². The number of phosphoric acid groups is 3. The van der Waals surface area contributed by atoms with E-state index in [0.717, 1.165) is 10.9 Å². The highest BCUT2D eigenvalue weighted by Gasteiger charge is 2.51. The van der Waals surface area contributed by atoms with E-state index in [-0.39, 0.29) is 16.7 Å². The van der Waals surface area contributed by atoms with Gasteiger partial charge in [0.05, 0.1) is 25.9 Å². The Morgan fingerprint density at radius 3 is 2.47 bits per heavy atom. The van der Waals surface area contributed by atoms with Gasteiger partial charge in [0, 0.05) is 7.05 Å². The van der Waals surface area contributed by atoms with Crippen molar-refractivity contribution < 1.29 is 61.4 Å². The second kappa shape index (κ2) is 8.45. The molecule has 1 aliphatic rings. The summed E-state index contributed by atoms with van der Waals surface area (Å²) in [5, 5.41) is 29.4. The Kier molecular flexibility index (Phi) is 6.67. The number of aryl methyl sites for hydroxylation is 1. The summed E-state index contributed by atoms with van der Waals surface area (Å²) in [5.74, 6) is 0. The van der Waals surface area contributed by atoms with E-state index in [2.05, 4.69) is 23.1 Å². The Bertz CT molecular complexity index is 1220. The van der Waals surface area contributed by atoms with Gasteiger partial charge in [0.2, 0.25) is 0 Å². The number of aliphatic hydroxyl groups is 2.